The molecule has 4 rings (SSSR count). The zero-order valence-corrected chi connectivity index (χ0v) is 15.0. The molecule has 0 aromatic heterocycles. The van der Waals surface area contributed by atoms with Crippen LogP contribution in [0.15, 0.2) is 96.0 Å². The molecule has 3 heteroatoms. The molecule has 130 valence electrons. The summed E-state index contributed by atoms with van der Waals surface area (Å²) in [6.07, 6.45) is 8.36. The Morgan fingerprint density at radius 2 is 1.88 bits per heavy atom. The standard InChI is InChI=1S/C23H23N3/c1-17-16-21(24-23-13-12-20-10-6-7-11-22(20)23)14-15-26(17)25-18(2)19-8-4-3-5-9-19/h3-11,14-16,23-24H,1,12-13H2,2H3/b25-18+. The largest absolute Gasteiger partial charge is 0.378 e. The van der Waals surface area contributed by atoms with E-state index in [9.17, 15) is 0 Å². The SMILES string of the molecule is C=C1C=C(NC2CCc3ccccc32)C=CN1/N=C(\C)c1ccccc1. The second-order valence-electron chi connectivity index (χ2n) is 6.74. The summed E-state index contributed by atoms with van der Waals surface area (Å²) in [5.41, 5.74) is 6.88. The van der Waals surface area contributed by atoms with E-state index in [0.717, 1.165) is 35.5 Å². The number of rotatable bonds is 4. The van der Waals surface area contributed by atoms with Gasteiger partial charge in [-0.05, 0) is 48.6 Å². The van der Waals surface area contributed by atoms with Gasteiger partial charge in [-0.3, -0.25) is 0 Å². The van der Waals surface area contributed by atoms with Crippen LogP contribution in [-0.4, -0.2) is 10.7 Å². The van der Waals surface area contributed by atoms with Gasteiger partial charge in [-0.15, -0.1) is 0 Å². The van der Waals surface area contributed by atoms with Gasteiger partial charge in [-0.25, -0.2) is 5.01 Å². The van der Waals surface area contributed by atoms with E-state index in [1.54, 1.807) is 0 Å². The first-order valence-corrected chi connectivity index (χ1v) is 9.04. The van der Waals surface area contributed by atoms with E-state index < -0.39 is 0 Å². The van der Waals surface area contributed by atoms with E-state index in [2.05, 4.69) is 65.5 Å². The van der Waals surface area contributed by atoms with Crippen LogP contribution in [0.3, 0.4) is 0 Å². The van der Waals surface area contributed by atoms with Gasteiger partial charge in [0.15, 0.2) is 0 Å². The number of hydrogen-bond acceptors (Lipinski definition) is 3. The smallest absolute Gasteiger partial charge is 0.0654 e. The number of allylic oxidation sites excluding steroid dienone is 2. The van der Waals surface area contributed by atoms with Crippen molar-refractivity contribution >= 4 is 5.71 Å². The highest BCUT2D eigenvalue weighted by molar-refractivity contribution is 5.98. The van der Waals surface area contributed by atoms with Gasteiger partial charge in [0.1, 0.15) is 0 Å². The van der Waals surface area contributed by atoms with E-state index in [1.165, 1.54) is 11.1 Å². The molecule has 0 saturated heterocycles. The Bertz CT molecular complexity index is 906. The van der Waals surface area contributed by atoms with Gasteiger partial charge in [0.25, 0.3) is 0 Å². The van der Waals surface area contributed by atoms with Crippen LogP contribution in [-0.2, 0) is 6.42 Å². The molecule has 2 aliphatic rings. The lowest BCUT2D eigenvalue weighted by Crippen LogP contribution is -2.22. The molecule has 2 aromatic carbocycles. The van der Waals surface area contributed by atoms with Crippen molar-refractivity contribution in [3.63, 3.8) is 0 Å². The Balaban J connectivity index is 1.46. The van der Waals surface area contributed by atoms with Crippen LogP contribution in [0.25, 0.3) is 0 Å². The molecule has 1 unspecified atom stereocenters. The third-order valence-corrected chi connectivity index (χ3v) is 4.93. The Labute approximate surface area is 155 Å². The fourth-order valence-electron chi connectivity index (χ4n) is 3.53. The van der Waals surface area contributed by atoms with E-state index >= 15 is 0 Å². The quantitative estimate of drug-likeness (QED) is 0.800. The Morgan fingerprint density at radius 3 is 2.69 bits per heavy atom. The summed E-state index contributed by atoms with van der Waals surface area (Å²) >= 11 is 0. The van der Waals surface area contributed by atoms with Crippen molar-refractivity contribution in [2.45, 2.75) is 25.8 Å². The second kappa shape index (κ2) is 7.04. The van der Waals surface area contributed by atoms with Crippen LogP contribution in [0.1, 0.15) is 36.1 Å². The van der Waals surface area contributed by atoms with Gasteiger partial charge in [-0.2, -0.15) is 5.10 Å². The molecular formula is C23H23N3. The molecule has 1 aliphatic carbocycles. The van der Waals surface area contributed by atoms with Gasteiger partial charge >= 0.3 is 0 Å². The summed E-state index contributed by atoms with van der Waals surface area (Å²) in [5, 5.41) is 10.2. The predicted octanol–water partition coefficient (Wildman–Crippen LogP) is 4.91. The molecular weight excluding hydrogens is 318 g/mol. The lowest BCUT2D eigenvalue weighted by atomic mass is 10.1. The van der Waals surface area contributed by atoms with Crippen molar-refractivity contribution in [1.29, 1.82) is 0 Å². The highest BCUT2D eigenvalue weighted by Crippen LogP contribution is 2.32. The first-order chi connectivity index (χ1) is 12.7. The maximum Gasteiger partial charge on any atom is 0.0654 e. The highest BCUT2D eigenvalue weighted by Gasteiger charge is 2.22. The molecule has 0 saturated carbocycles. The summed E-state index contributed by atoms with van der Waals surface area (Å²) in [4.78, 5) is 0. The minimum atomic E-state index is 0.371. The third-order valence-electron chi connectivity index (χ3n) is 4.93. The summed E-state index contributed by atoms with van der Waals surface area (Å²) < 4.78 is 0. The maximum atomic E-state index is 4.68. The van der Waals surface area contributed by atoms with Gasteiger partial charge in [0.05, 0.1) is 17.5 Å². The number of nitrogens with one attached hydrogen (secondary N) is 1. The van der Waals surface area contributed by atoms with Crippen molar-refractivity contribution < 1.29 is 0 Å². The molecule has 26 heavy (non-hydrogen) atoms. The summed E-state index contributed by atoms with van der Waals surface area (Å²) in [5.74, 6) is 0. The summed E-state index contributed by atoms with van der Waals surface area (Å²) in [6, 6.07) is 19.2. The first kappa shape index (κ1) is 16.4. The minimum absolute atomic E-state index is 0.371. The van der Waals surface area contributed by atoms with Crippen LogP contribution in [0.5, 0.6) is 0 Å². The zero-order valence-electron chi connectivity index (χ0n) is 15.0. The van der Waals surface area contributed by atoms with E-state index in [0.29, 0.717) is 6.04 Å². The average molecular weight is 341 g/mol. The molecule has 0 radical (unpaired) electrons. The lowest BCUT2D eigenvalue weighted by molar-refractivity contribution is 0.503. The highest BCUT2D eigenvalue weighted by atomic mass is 15.4. The number of fused-ring (bicyclic) bond motifs is 1. The van der Waals surface area contributed by atoms with Crippen LogP contribution in [0.2, 0.25) is 0 Å². The zero-order chi connectivity index (χ0) is 17.9. The van der Waals surface area contributed by atoms with Crippen LogP contribution < -0.4 is 5.32 Å². The van der Waals surface area contributed by atoms with E-state index in [1.807, 2.05) is 36.3 Å². The first-order valence-electron chi connectivity index (χ1n) is 9.04. The Hall–Kier alpha value is -3.07. The average Bonchev–Trinajstić information content (AvgIpc) is 3.08. The number of hydrazone groups is 1. The second-order valence-corrected chi connectivity index (χ2v) is 6.74. The number of aryl methyl sites for hydroxylation is 1. The maximum absolute atomic E-state index is 4.68. The lowest BCUT2D eigenvalue weighted by Gasteiger charge is -2.23. The van der Waals surface area contributed by atoms with Crippen molar-refractivity contribution in [2.75, 3.05) is 0 Å². The summed E-state index contributed by atoms with van der Waals surface area (Å²) in [6.45, 7) is 6.18. The van der Waals surface area contributed by atoms with Crippen LogP contribution >= 0.6 is 0 Å². The molecule has 0 bridgehead atoms. The fourth-order valence-corrected chi connectivity index (χ4v) is 3.53. The fraction of sp³-hybridized carbons (Fsp3) is 0.174. The number of nitrogens with zero attached hydrogens (tertiary/aromatic N) is 2. The van der Waals surface area contributed by atoms with E-state index in [4.69, 9.17) is 0 Å². The molecule has 1 atom stereocenters. The Kier molecular flexibility index (Phi) is 4.44. The monoisotopic (exact) mass is 341 g/mol. The van der Waals surface area contributed by atoms with Crippen LogP contribution in [0.4, 0.5) is 0 Å². The summed E-state index contributed by atoms with van der Waals surface area (Å²) in [7, 11) is 0. The molecule has 1 heterocycles. The van der Waals surface area contributed by atoms with Crippen molar-refractivity contribution in [3.05, 3.63) is 108 Å². The van der Waals surface area contributed by atoms with Gasteiger partial charge < -0.3 is 5.32 Å². The molecule has 0 fully saturated rings. The van der Waals surface area contributed by atoms with Crippen molar-refractivity contribution in [2.24, 2.45) is 5.10 Å². The molecule has 2 aromatic rings. The number of hydrogen-bond donors (Lipinski definition) is 1. The van der Waals surface area contributed by atoms with Gasteiger partial charge in [0, 0.05) is 11.9 Å². The molecule has 0 amide bonds. The number of benzene rings is 2. The van der Waals surface area contributed by atoms with Gasteiger partial charge in [-0.1, -0.05) is 61.2 Å². The van der Waals surface area contributed by atoms with Crippen molar-refractivity contribution in [3.8, 4) is 0 Å². The molecule has 1 aliphatic heterocycles. The van der Waals surface area contributed by atoms with Gasteiger partial charge in [0.2, 0.25) is 0 Å². The molecule has 1 N–H and O–H groups in total. The normalized spacial score (nSPS) is 19.3. The Morgan fingerprint density at radius 1 is 1.12 bits per heavy atom. The molecule has 0 spiro atoms. The van der Waals surface area contributed by atoms with Crippen LogP contribution in [0, 0.1) is 0 Å². The third kappa shape index (κ3) is 3.33. The molecule has 3 nitrogen and oxygen atoms in total. The predicted molar refractivity (Wildman–Crippen MR) is 107 cm³/mol. The van der Waals surface area contributed by atoms with Crippen molar-refractivity contribution in [1.82, 2.24) is 10.3 Å². The topological polar surface area (TPSA) is 27.6 Å². The van der Waals surface area contributed by atoms with E-state index in [-0.39, 0.29) is 0 Å². The minimum Gasteiger partial charge on any atom is -0.378 e.